The molecule has 27 heavy (non-hydrogen) atoms. The second kappa shape index (κ2) is 8.39. The van der Waals surface area contributed by atoms with Crippen molar-refractivity contribution in [3.63, 3.8) is 0 Å². The SMILES string of the molecule is C=CCn1c(SC(C)C(=O)NC(=O)NC2CC2)nnc1-c1cccc(C)c1. The van der Waals surface area contributed by atoms with Gasteiger partial charge >= 0.3 is 6.03 Å². The van der Waals surface area contributed by atoms with Crippen molar-refractivity contribution in [3.05, 3.63) is 42.5 Å². The van der Waals surface area contributed by atoms with Gasteiger partial charge in [0.05, 0.1) is 5.25 Å². The zero-order chi connectivity index (χ0) is 19.4. The van der Waals surface area contributed by atoms with E-state index in [9.17, 15) is 9.59 Å². The Kier molecular flexibility index (Phi) is 5.95. The van der Waals surface area contributed by atoms with Gasteiger partial charge in [-0.3, -0.25) is 14.7 Å². The molecule has 3 amide bonds. The standard InChI is InChI=1S/C19H23N5O2S/c1-4-10-24-16(14-7-5-6-12(2)11-14)22-23-19(24)27-13(3)17(25)21-18(26)20-15-8-9-15/h4-7,11,13,15H,1,8-10H2,2-3H3,(H2,20,21,25,26). The predicted octanol–water partition coefficient (Wildman–Crippen LogP) is 2.91. The molecule has 7 nitrogen and oxygen atoms in total. The summed E-state index contributed by atoms with van der Waals surface area (Å²) in [6.45, 7) is 8.08. The lowest BCUT2D eigenvalue weighted by Gasteiger charge is -2.13. The van der Waals surface area contributed by atoms with Gasteiger partial charge in [0.25, 0.3) is 0 Å². The van der Waals surface area contributed by atoms with Crippen molar-refractivity contribution in [2.24, 2.45) is 0 Å². The molecule has 1 aliphatic rings. The van der Waals surface area contributed by atoms with Crippen LogP contribution in [0.2, 0.25) is 0 Å². The number of aryl methyl sites for hydroxylation is 1. The lowest BCUT2D eigenvalue weighted by Crippen LogP contribution is -2.43. The number of imide groups is 1. The zero-order valence-electron chi connectivity index (χ0n) is 15.4. The van der Waals surface area contributed by atoms with Gasteiger partial charge in [0, 0.05) is 18.2 Å². The molecule has 1 heterocycles. The second-order valence-corrected chi connectivity index (χ2v) is 7.88. The van der Waals surface area contributed by atoms with E-state index in [0.717, 1.165) is 29.8 Å². The Balaban J connectivity index is 1.72. The average Bonchev–Trinajstić information content (AvgIpc) is 3.35. The van der Waals surface area contributed by atoms with Gasteiger partial charge in [0.15, 0.2) is 11.0 Å². The summed E-state index contributed by atoms with van der Waals surface area (Å²) in [5.41, 5.74) is 2.08. The molecule has 0 radical (unpaired) electrons. The van der Waals surface area contributed by atoms with E-state index in [2.05, 4.69) is 27.4 Å². The molecule has 1 atom stereocenters. The Labute approximate surface area is 162 Å². The number of hydrogen-bond acceptors (Lipinski definition) is 5. The van der Waals surface area contributed by atoms with Crippen LogP contribution < -0.4 is 10.6 Å². The van der Waals surface area contributed by atoms with Crippen LogP contribution in [0.5, 0.6) is 0 Å². The van der Waals surface area contributed by atoms with E-state index in [0.29, 0.717) is 11.7 Å². The number of allylic oxidation sites excluding steroid dienone is 1. The summed E-state index contributed by atoms with van der Waals surface area (Å²) in [6.07, 6.45) is 3.71. The summed E-state index contributed by atoms with van der Waals surface area (Å²) in [5, 5.41) is 13.8. The topological polar surface area (TPSA) is 88.9 Å². The van der Waals surface area contributed by atoms with Crippen LogP contribution in [0.1, 0.15) is 25.3 Å². The van der Waals surface area contributed by atoms with Crippen molar-refractivity contribution in [2.45, 2.75) is 49.7 Å². The highest BCUT2D eigenvalue weighted by atomic mass is 32.2. The van der Waals surface area contributed by atoms with E-state index in [1.807, 2.05) is 35.8 Å². The van der Waals surface area contributed by atoms with Crippen molar-refractivity contribution < 1.29 is 9.59 Å². The minimum absolute atomic E-state index is 0.202. The molecule has 1 unspecified atom stereocenters. The Hall–Kier alpha value is -2.61. The molecule has 8 heteroatoms. The first-order valence-electron chi connectivity index (χ1n) is 8.87. The predicted molar refractivity (Wildman–Crippen MR) is 105 cm³/mol. The Morgan fingerprint density at radius 3 is 2.85 bits per heavy atom. The van der Waals surface area contributed by atoms with Crippen molar-refractivity contribution in [1.29, 1.82) is 0 Å². The fourth-order valence-electron chi connectivity index (χ4n) is 2.54. The summed E-state index contributed by atoms with van der Waals surface area (Å²) in [5.74, 6) is 0.364. The fourth-order valence-corrected chi connectivity index (χ4v) is 3.40. The normalized spacial score (nSPS) is 14.4. The first-order valence-corrected chi connectivity index (χ1v) is 9.75. The van der Waals surface area contributed by atoms with Crippen LogP contribution in [0.25, 0.3) is 11.4 Å². The number of amides is 3. The van der Waals surface area contributed by atoms with Crippen molar-refractivity contribution >= 4 is 23.7 Å². The fraction of sp³-hybridized carbons (Fsp3) is 0.368. The number of aromatic nitrogens is 3. The van der Waals surface area contributed by atoms with Crippen molar-refractivity contribution in [3.8, 4) is 11.4 Å². The largest absolute Gasteiger partial charge is 0.335 e. The van der Waals surface area contributed by atoms with E-state index in [1.165, 1.54) is 11.8 Å². The molecule has 0 saturated heterocycles. The van der Waals surface area contributed by atoms with Gasteiger partial charge in [-0.1, -0.05) is 41.6 Å². The van der Waals surface area contributed by atoms with Crippen molar-refractivity contribution in [2.75, 3.05) is 0 Å². The van der Waals surface area contributed by atoms with Crippen LogP contribution in [-0.4, -0.2) is 38.0 Å². The molecule has 1 aromatic carbocycles. The highest BCUT2D eigenvalue weighted by Gasteiger charge is 2.26. The molecule has 0 bridgehead atoms. The van der Waals surface area contributed by atoms with Gasteiger partial charge in [-0.05, 0) is 32.8 Å². The minimum atomic E-state index is -0.493. The quantitative estimate of drug-likeness (QED) is 0.565. The maximum absolute atomic E-state index is 12.3. The molecule has 1 aromatic heterocycles. The van der Waals surface area contributed by atoms with E-state index in [-0.39, 0.29) is 11.9 Å². The van der Waals surface area contributed by atoms with Gasteiger partial charge in [0.1, 0.15) is 0 Å². The van der Waals surface area contributed by atoms with E-state index in [4.69, 9.17) is 0 Å². The van der Waals surface area contributed by atoms with Crippen molar-refractivity contribution in [1.82, 2.24) is 25.4 Å². The number of urea groups is 1. The number of carbonyl (C=O) groups excluding carboxylic acids is 2. The Bertz CT molecular complexity index is 860. The molecule has 1 aliphatic carbocycles. The van der Waals surface area contributed by atoms with E-state index in [1.54, 1.807) is 13.0 Å². The van der Waals surface area contributed by atoms with E-state index >= 15 is 0 Å². The van der Waals surface area contributed by atoms with Gasteiger partial charge in [0.2, 0.25) is 5.91 Å². The third-order valence-corrected chi connectivity index (χ3v) is 5.19. The first-order chi connectivity index (χ1) is 13.0. The van der Waals surface area contributed by atoms with Gasteiger partial charge in [-0.15, -0.1) is 16.8 Å². The lowest BCUT2D eigenvalue weighted by molar-refractivity contribution is -0.119. The summed E-state index contributed by atoms with van der Waals surface area (Å²) in [4.78, 5) is 24.0. The third kappa shape index (κ3) is 4.97. The zero-order valence-corrected chi connectivity index (χ0v) is 16.3. The summed E-state index contributed by atoms with van der Waals surface area (Å²) >= 11 is 1.26. The van der Waals surface area contributed by atoms with E-state index < -0.39 is 11.3 Å². The van der Waals surface area contributed by atoms with Crippen LogP contribution in [0.3, 0.4) is 0 Å². The third-order valence-electron chi connectivity index (χ3n) is 4.11. The summed E-state index contributed by atoms with van der Waals surface area (Å²) in [6, 6.07) is 7.77. The highest BCUT2D eigenvalue weighted by molar-refractivity contribution is 8.00. The highest BCUT2D eigenvalue weighted by Crippen LogP contribution is 2.27. The number of thioether (sulfide) groups is 1. The molecule has 1 saturated carbocycles. The van der Waals surface area contributed by atoms with Crippen LogP contribution in [0.15, 0.2) is 42.1 Å². The monoisotopic (exact) mass is 385 g/mol. The van der Waals surface area contributed by atoms with Crippen LogP contribution in [0.4, 0.5) is 4.79 Å². The maximum Gasteiger partial charge on any atom is 0.321 e. The number of nitrogens with one attached hydrogen (secondary N) is 2. The first kappa shape index (κ1) is 19.2. The van der Waals surface area contributed by atoms with Gasteiger partial charge in [-0.25, -0.2) is 4.79 Å². The number of benzene rings is 1. The van der Waals surface area contributed by atoms with Gasteiger partial charge in [-0.2, -0.15) is 0 Å². The Morgan fingerprint density at radius 1 is 1.41 bits per heavy atom. The number of nitrogens with zero attached hydrogens (tertiary/aromatic N) is 3. The minimum Gasteiger partial charge on any atom is -0.335 e. The summed E-state index contributed by atoms with van der Waals surface area (Å²) < 4.78 is 1.92. The molecule has 2 N–H and O–H groups in total. The molecule has 3 rings (SSSR count). The molecule has 2 aromatic rings. The maximum atomic E-state index is 12.3. The molecule has 142 valence electrons. The van der Waals surface area contributed by atoms with Crippen LogP contribution >= 0.6 is 11.8 Å². The van der Waals surface area contributed by atoms with Crippen LogP contribution in [-0.2, 0) is 11.3 Å². The second-order valence-electron chi connectivity index (χ2n) is 6.57. The Morgan fingerprint density at radius 2 is 2.19 bits per heavy atom. The molecular weight excluding hydrogens is 362 g/mol. The van der Waals surface area contributed by atoms with Crippen LogP contribution in [0, 0.1) is 6.92 Å². The number of carbonyl (C=O) groups is 2. The number of hydrogen-bond donors (Lipinski definition) is 2. The lowest BCUT2D eigenvalue weighted by atomic mass is 10.1. The smallest absolute Gasteiger partial charge is 0.321 e. The van der Waals surface area contributed by atoms with Gasteiger partial charge < -0.3 is 5.32 Å². The molecule has 0 aliphatic heterocycles. The average molecular weight is 385 g/mol. The summed E-state index contributed by atoms with van der Waals surface area (Å²) in [7, 11) is 0. The molecule has 0 spiro atoms. The molecule has 1 fully saturated rings. The number of rotatable bonds is 7. The molecular formula is C19H23N5O2S.